The highest BCUT2D eigenvalue weighted by atomic mass is 35.5. The van der Waals surface area contributed by atoms with Crippen LogP contribution in [0.15, 0.2) is 43.0 Å². The maximum atomic E-state index is 6.39. The van der Waals surface area contributed by atoms with E-state index in [1.54, 1.807) is 0 Å². The lowest BCUT2D eigenvalue weighted by Gasteiger charge is -2.24. The van der Waals surface area contributed by atoms with Crippen LogP contribution in [0, 0.1) is 5.92 Å². The van der Waals surface area contributed by atoms with Crippen LogP contribution in [0.5, 0.6) is 0 Å². The minimum atomic E-state index is -0.580. The Labute approximate surface area is 189 Å². The molecule has 0 N–H and O–H groups in total. The van der Waals surface area contributed by atoms with E-state index in [9.17, 15) is 0 Å². The van der Waals surface area contributed by atoms with E-state index in [1.807, 2.05) is 43.5 Å². The lowest BCUT2D eigenvalue weighted by atomic mass is 9.98. The Morgan fingerprint density at radius 3 is 2.94 bits per heavy atom. The second kappa shape index (κ2) is 7.24. The van der Waals surface area contributed by atoms with Gasteiger partial charge >= 0.3 is 0 Å². The van der Waals surface area contributed by atoms with E-state index in [-0.39, 0.29) is 18.2 Å². The zero-order valence-corrected chi connectivity index (χ0v) is 18.9. The van der Waals surface area contributed by atoms with Gasteiger partial charge in [-0.15, -0.1) is 11.3 Å². The zero-order chi connectivity index (χ0) is 21.2. The standard InChI is InChI=1S/C23H23ClN4O2S/c1-23(2)29-19-13(5-6-14-11-16-18(31-14)4-3-8-25-16)10-17(20(19)30-23)28-9-7-15-21(24)26-12-27-22(15)28/h3-4,7-9,11-13,17,19-20H,5-6,10H2,1-2H3/t13-,17+,19+,20-/m0/s1. The number of nitrogens with zero attached hydrogens (tertiary/aromatic N) is 4. The number of hydrogen-bond donors (Lipinski definition) is 0. The predicted molar refractivity (Wildman–Crippen MR) is 121 cm³/mol. The first-order valence-electron chi connectivity index (χ1n) is 10.6. The van der Waals surface area contributed by atoms with Gasteiger partial charge in [-0.3, -0.25) is 4.98 Å². The molecule has 2 aliphatic rings. The topological polar surface area (TPSA) is 62.1 Å². The van der Waals surface area contributed by atoms with Gasteiger partial charge in [0.2, 0.25) is 0 Å². The van der Waals surface area contributed by atoms with E-state index < -0.39 is 5.79 Å². The molecule has 2 fully saturated rings. The van der Waals surface area contributed by atoms with Crippen molar-refractivity contribution in [1.82, 2.24) is 19.5 Å². The molecular weight excluding hydrogens is 432 g/mol. The number of ether oxygens (including phenoxy) is 2. The van der Waals surface area contributed by atoms with Crippen molar-refractivity contribution in [3.05, 3.63) is 53.0 Å². The Morgan fingerprint density at radius 1 is 1.19 bits per heavy atom. The molecule has 4 atom stereocenters. The minimum absolute atomic E-state index is 0.00610. The van der Waals surface area contributed by atoms with Gasteiger partial charge in [-0.2, -0.15) is 0 Å². The maximum Gasteiger partial charge on any atom is 0.163 e. The molecule has 5 heterocycles. The molecule has 0 unspecified atom stereocenters. The summed E-state index contributed by atoms with van der Waals surface area (Å²) in [7, 11) is 0. The summed E-state index contributed by atoms with van der Waals surface area (Å²) >= 11 is 8.13. The quantitative estimate of drug-likeness (QED) is 0.386. The molecule has 0 spiro atoms. The van der Waals surface area contributed by atoms with Crippen molar-refractivity contribution in [3.63, 3.8) is 0 Å². The number of pyridine rings is 1. The molecule has 0 aromatic carbocycles. The van der Waals surface area contributed by atoms with Crippen molar-refractivity contribution < 1.29 is 9.47 Å². The van der Waals surface area contributed by atoms with Crippen LogP contribution in [0.3, 0.4) is 0 Å². The first-order valence-corrected chi connectivity index (χ1v) is 11.8. The van der Waals surface area contributed by atoms with Crippen LogP contribution in [0.4, 0.5) is 0 Å². The molecule has 0 amide bonds. The zero-order valence-electron chi connectivity index (χ0n) is 17.4. The smallest absolute Gasteiger partial charge is 0.163 e. The number of thiophene rings is 1. The van der Waals surface area contributed by atoms with Gasteiger partial charge in [0.1, 0.15) is 23.2 Å². The number of rotatable bonds is 4. The van der Waals surface area contributed by atoms with E-state index in [0.717, 1.165) is 35.8 Å². The highest BCUT2D eigenvalue weighted by Crippen LogP contribution is 2.49. The molecule has 4 aromatic rings. The Morgan fingerprint density at radius 2 is 2.06 bits per heavy atom. The minimum Gasteiger partial charge on any atom is -0.344 e. The average molecular weight is 455 g/mol. The predicted octanol–water partition coefficient (Wildman–Crippen LogP) is 5.41. The third-order valence-electron chi connectivity index (χ3n) is 6.47. The van der Waals surface area contributed by atoms with E-state index in [4.69, 9.17) is 21.1 Å². The van der Waals surface area contributed by atoms with Crippen molar-refractivity contribution in [2.75, 3.05) is 0 Å². The molecule has 0 bridgehead atoms. The first kappa shape index (κ1) is 19.6. The molecule has 6 nitrogen and oxygen atoms in total. The Bertz CT molecular complexity index is 1240. The third-order valence-corrected chi connectivity index (χ3v) is 7.92. The summed E-state index contributed by atoms with van der Waals surface area (Å²) in [5.41, 5.74) is 1.94. The largest absolute Gasteiger partial charge is 0.344 e. The van der Waals surface area contributed by atoms with Crippen molar-refractivity contribution in [2.45, 2.75) is 57.1 Å². The van der Waals surface area contributed by atoms with Crippen LogP contribution in [-0.2, 0) is 15.9 Å². The van der Waals surface area contributed by atoms with E-state index >= 15 is 0 Å². The van der Waals surface area contributed by atoms with E-state index in [0.29, 0.717) is 11.1 Å². The summed E-state index contributed by atoms with van der Waals surface area (Å²) in [5.74, 6) is -0.173. The Hall–Kier alpha value is -2.06. The number of aryl methyl sites for hydroxylation is 1. The second-order valence-corrected chi connectivity index (χ2v) is 10.4. The fourth-order valence-electron chi connectivity index (χ4n) is 5.19. The maximum absolute atomic E-state index is 6.39. The van der Waals surface area contributed by atoms with Crippen molar-refractivity contribution in [1.29, 1.82) is 0 Å². The van der Waals surface area contributed by atoms with Gasteiger partial charge < -0.3 is 14.0 Å². The Balaban J connectivity index is 1.28. The van der Waals surface area contributed by atoms with Crippen molar-refractivity contribution >= 4 is 44.2 Å². The van der Waals surface area contributed by atoms with Crippen LogP contribution in [0.1, 0.15) is 37.6 Å². The van der Waals surface area contributed by atoms with Crippen molar-refractivity contribution in [3.8, 4) is 0 Å². The second-order valence-electron chi connectivity index (χ2n) is 8.89. The van der Waals surface area contributed by atoms with Crippen LogP contribution in [-0.4, -0.2) is 37.5 Å². The third kappa shape index (κ3) is 3.35. The fourth-order valence-corrected chi connectivity index (χ4v) is 6.42. The first-order chi connectivity index (χ1) is 15.0. The number of hydrogen-bond acceptors (Lipinski definition) is 6. The summed E-state index contributed by atoms with van der Waals surface area (Å²) in [6, 6.07) is 8.50. The SMILES string of the molecule is CC1(C)O[C@@H]2[C@@H](CCc3cc4ncccc4s3)C[C@@H](n3ccc4c(Cl)ncnc43)[C@@H]2O1. The number of fused-ring (bicyclic) bond motifs is 3. The molecule has 31 heavy (non-hydrogen) atoms. The molecule has 1 aliphatic heterocycles. The van der Waals surface area contributed by atoms with Gasteiger partial charge in [-0.1, -0.05) is 11.6 Å². The van der Waals surface area contributed by atoms with E-state index in [1.165, 1.54) is 15.9 Å². The molecule has 160 valence electrons. The van der Waals surface area contributed by atoms with Gasteiger partial charge in [0.15, 0.2) is 5.79 Å². The van der Waals surface area contributed by atoms with Crippen LogP contribution < -0.4 is 0 Å². The Kier molecular flexibility index (Phi) is 4.58. The summed E-state index contributed by atoms with van der Waals surface area (Å²) in [6.07, 6.45) is 8.56. The summed E-state index contributed by atoms with van der Waals surface area (Å²) in [5, 5.41) is 1.36. The van der Waals surface area contributed by atoms with E-state index in [2.05, 4.69) is 37.8 Å². The normalized spacial score (nSPS) is 27.3. The van der Waals surface area contributed by atoms with Gasteiger partial charge in [0, 0.05) is 17.3 Å². The molecule has 1 saturated carbocycles. The highest BCUT2D eigenvalue weighted by Gasteiger charge is 2.54. The van der Waals surface area contributed by atoms with Crippen LogP contribution in [0.2, 0.25) is 5.15 Å². The number of aromatic nitrogens is 4. The lowest BCUT2D eigenvalue weighted by Crippen LogP contribution is -2.27. The molecular formula is C23H23ClN4O2S. The highest BCUT2D eigenvalue weighted by molar-refractivity contribution is 7.19. The average Bonchev–Trinajstić information content (AvgIpc) is 3.47. The van der Waals surface area contributed by atoms with Crippen LogP contribution >= 0.6 is 22.9 Å². The summed E-state index contributed by atoms with van der Waals surface area (Å²) in [4.78, 5) is 14.5. The fraction of sp³-hybridized carbons (Fsp3) is 0.435. The molecule has 1 aliphatic carbocycles. The van der Waals surface area contributed by atoms with Crippen molar-refractivity contribution in [2.24, 2.45) is 5.92 Å². The van der Waals surface area contributed by atoms with Gasteiger partial charge in [-0.05, 0) is 63.3 Å². The van der Waals surface area contributed by atoms with Crippen LogP contribution in [0.25, 0.3) is 21.3 Å². The molecule has 0 radical (unpaired) electrons. The monoisotopic (exact) mass is 454 g/mol. The van der Waals surface area contributed by atoms with Gasteiger partial charge in [-0.25, -0.2) is 9.97 Å². The van der Waals surface area contributed by atoms with Gasteiger partial charge in [0.05, 0.1) is 27.7 Å². The number of halogens is 1. The summed E-state index contributed by atoms with van der Waals surface area (Å²) < 4.78 is 16.2. The summed E-state index contributed by atoms with van der Waals surface area (Å²) in [6.45, 7) is 4.01. The molecule has 1 saturated heterocycles. The van der Waals surface area contributed by atoms with Gasteiger partial charge in [0.25, 0.3) is 0 Å². The molecule has 4 aromatic heterocycles. The lowest BCUT2D eigenvalue weighted by molar-refractivity contribution is -0.160. The molecule has 6 rings (SSSR count). The molecule has 8 heteroatoms.